The number of rotatable bonds is 3. The number of carbonyl (C=O) groups excluding carboxylic acids is 1. The third-order valence-corrected chi connectivity index (χ3v) is 5.07. The van der Waals surface area contributed by atoms with E-state index in [9.17, 15) is 9.18 Å². The number of thiophene rings is 1. The molecule has 23 heavy (non-hydrogen) atoms. The SMILES string of the molecule is O=C(Nc1ccccc1F)c1csc2nc(-c3cccs3)cn12. The number of para-hydroxylation sites is 1. The van der Waals surface area contributed by atoms with Crippen LogP contribution in [0.1, 0.15) is 10.5 Å². The molecule has 114 valence electrons. The average Bonchev–Trinajstić information content (AvgIpc) is 3.25. The first-order valence-electron chi connectivity index (χ1n) is 6.79. The lowest BCUT2D eigenvalue weighted by Crippen LogP contribution is -2.14. The summed E-state index contributed by atoms with van der Waals surface area (Å²) in [5.74, 6) is -0.825. The molecular formula is C16H10FN3OS2. The number of hydrogen-bond donors (Lipinski definition) is 1. The Morgan fingerprint density at radius 1 is 1.17 bits per heavy atom. The van der Waals surface area contributed by atoms with Gasteiger partial charge in [-0.15, -0.1) is 22.7 Å². The molecule has 0 saturated heterocycles. The van der Waals surface area contributed by atoms with Gasteiger partial charge in [-0.05, 0) is 23.6 Å². The van der Waals surface area contributed by atoms with Crippen molar-refractivity contribution in [3.05, 3.63) is 64.9 Å². The number of carbonyl (C=O) groups is 1. The summed E-state index contributed by atoms with van der Waals surface area (Å²) in [6.07, 6.45) is 1.83. The van der Waals surface area contributed by atoms with Gasteiger partial charge in [0.25, 0.3) is 5.91 Å². The fourth-order valence-electron chi connectivity index (χ4n) is 2.24. The molecule has 7 heteroatoms. The van der Waals surface area contributed by atoms with Crippen LogP contribution in [-0.4, -0.2) is 15.3 Å². The Hall–Kier alpha value is -2.51. The topological polar surface area (TPSA) is 46.4 Å². The van der Waals surface area contributed by atoms with E-state index in [1.807, 2.05) is 23.7 Å². The number of hydrogen-bond acceptors (Lipinski definition) is 4. The molecule has 4 rings (SSSR count). The molecular weight excluding hydrogens is 333 g/mol. The number of fused-ring (bicyclic) bond motifs is 1. The number of amides is 1. The van der Waals surface area contributed by atoms with Crippen molar-refractivity contribution in [2.75, 3.05) is 5.32 Å². The Morgan fingerprint density at radius 2 is 2.04 bits per heavy atom. The summed E-state index contributed by atoms with van der Waals surface area (Å²) in [5, 5.41) is 6.30. The van der Waals surface area contributed by atoms with Crippen LogP contribution in [0, 0.1) is 5.82 Å². The van der Waals surface area contributed by atoms with Gasteiger partial charge in [-0.1, -0.05) is 18.2 Å². The number of nitrogens with zero attached hydrogens (tertiary/aromatic N) is 2. The minimum absolute atomic E-state index is 0.162. The van der Waals surface area contributed by atoms with E-state index in [2.05, 4.69) is 10.3 Å². The summed E-state index contributed by atoms with van der Waals surface area (Å²) in [5.41, 5.74) is 1.42. The number of nitrogens with one attached hydrogen (secondary N) is 1. The van der Waals surface area contributed by atoms with E-state index in [-0.39, 0.29) is 11.6 Å². The molecule has 0 spiro atoms. The van der Waals surface area contributed by atoms with E-state index >= 15 is 0 Å². The highest BCUT2D eigenvalue weighted by Gasteiger charge is 2.16. The van der Waals surface area contributed by atoms with E-state index in [4.69, 9.17) is 0 Å². The molecule has 4 nitrogen and oxygen atoms in total. The maximum absolute atomic E-state index is 13.7. The smallest absolute Gasteiger partial charge is 0.273 e. The first kappa shape index (κ1) is 14.1. The maximum atomic E-state index is 13.7. The number of aromatic nitrogens is 2. The second-order valence-electron chi connectivity index (χ2n) is 4.81. The molecule has 0 saturated carbocycles. The number of thiazole rings is 1. The molecule has 0 atom stereocenters. The van der Waals surface area contributed by atoms with E-state index in [0.29, 0.717) is 5.69 Å². The number of benzene rings is 1. The van der Waals surface area contributed by atoms with E-state index in [1.165, 1.54) is 23.5 Å². The summed E-state index contributed by atoms with van der Waals surface area (Å²) in [6, 6.07) is 10.0. The molecule has 1 N–H and O–H groups in total. The van der Waals surface area contributed by atoms with Crippen LogP contribution in [0.2, 0.25) is 0 Å². The number of halogens is 1. The van der Waals surface area contributed by atoms with Crippen molar-refractivity contribution in [2.45, 2.75) is 0 Å². The van der Waals surface area contributed by atoms with Crippen molar-refractivity contribution in [1.29, 1.82) is 0 Å². The van der Waals surface area contributed by atoms with Crippen molar-refractivity contribution in [1.82, 2.24) is 9.38 Å². The van der Waals surface area contributed by atoms with Crippen LogP contribution in [-0.2, 0) is 0 Å². The van der Waals surface area contributed by atoms with Gasteiger partial charge < -0.3 is 5.32 Å². The van der Waals surface area contributed by atoms with Crippen LogP contribution in [0.25, 0.3) is 15.5 Å². The zero-order valence-corrected chi connectivity index (χ0v) is 13.3. The molecule has 0 radical (unpaired) electrons. The molecule has 0 aliphatic rings. The van der Waals surface area contributed by atoms with Gasteiger partial charge in [0.1, 0.15) is 17.2 Å². The molecule has 3 heterocycles. The van der Waals surface area contributed by atoms with Gasteiger partial charge in [-0.2, -0.15) is 0 Å². The molecule has 0 bridgehead atoms. The maximum Gasteiger partial charge on any atom is 0.273 e. The second kappa shape index (κ2) is 5.60. The molecule has 0 aliphatic heterocycles. The summed E-state index contributed by atoms with van der Waals surface area (Å²) >= 11 is 2.97. The van der Waals surface area contributed by atoms with Crippen LogP contribution in [0.3, 0.4) is 0 Å². The molecule has 0 unspecified atom stereocenters. The molecule has 0 aliphatic carbocycles. The molecule has 1 amide bonds. The Morgan fingerprint density at radius 3 is 2.83 bits per heavy atom. The van der Waals surface area contributed by atoms with Gasteiger partial charge in [0.05, 0.1) is 10.6 Å². The lowest BCUT2D eigenvalue weighted by Gasteiger charge is -2.05. The fraction of sp³-hybridized carbons (Fsp3) is 0. The predicted molar refractivity (Wildman–Crippen MR) is 90.7 cm³/mol. The summed E-state index contributed by atoms with van der Waals surface area (Å²) in [6.45, 7) is 0. The lowest BCUT2D eigenvalue weighted by atomic mass is 10.3. The standard InChI is InChI=1S/C16H10FN3OS2/c17-10-4-1-2-5-11(10)18-15(21)13-9-23-16-19-12(8-20(13)16)14-6-3-7-22-14/h1-9H,(H,18,21). The van der Waals surface area contributed by atoms with Gasteiger partial charge >= 0.3 is 0 Å². The summed E-state index contributed by atoms with van der Waals surface area (Å²) in [7, 11) is 0. The van der Waals surface area contributed by atoms with Crippen molar-refractivity contribution in [2.24, 2.45) is 0 Å². The van der Waals surface area contributed by atoms with Gasteiger partial charge in [-0.3, -0.25) is 9.20 Å². The van der Waals surface area contributed by atoms with Crippen molar-refractivity contribution < 1.29 is 9.18 Å². The first-order chi connectivity index (χ1) is 11.2. The quantitative estimate of drug-likeness (QED) is 0.595. The summed E-state index contributed by atoms with van der Waals surface area (Å²) in [4.78, 5) is 18.7. The predicted octanol–water partition coefficient (Wildman–Crippen LogP) is 4.52. The normalized spacial score (nSPS) is 11.0. The van der Waals surface area contributed by atoms with Crippen molar-refractivity contribution >= 4 is 39.2 Å². The highest BCUT2D eigenvalue weighted by atomic mass is 32.1. The van der Waals surface area contributed by atoms with Crippen LogP contribution < -0.4 is 5.32 Å². The monoisotopic (exact) mass is 343 g/mol. The number of imidazole rings is 1. The van der Waals surface area contributed by atoms with Gasteiger partial charge in [0.2, 0.25) is 0 Å². The molecule has 1 aromatic carbocycles. The molecule has 4 aromatic rings. The van der Waals surface area contributed by atoms with Gasteiger partial charge in [-0.25, -0.2) is 9.37 Å². The Labute approximate surface area is 138 Å². The van der Waals surface area contributed by atoms with Gasteiger partial charge in [0.15, 0.2) is 4.96 Å². The second-order valence-corrected chi connectivity index (χ2v) is 6.60. The Balaban J connectivity index is 1.69. The van der Waals surface area contributed by atoms with Crippen LogP contribution in [0.15, 0.2) is 53.4 Å². The summed E-state index contributed by atoms with van der Waals surface area (Å²) < 4.78 is 15.4. The Bertz CT molecular complexity index is 988. The van der Waals surface area contributed by atoms with Crippen LogP contribution in [0.4, 0.5) is 10.1 Å². The van der Waals surface area contributed by atoms with E-state index < -0.39 is 5.82 Å². The molecule has 3 aromatic heterocycles. The lowest BCUT2D eigenvalue weighted by molar-refractivity contribution is 0.102. The zero-order valence-electron chi connectivity index (χ0n) is 11.7. The molecule has 0 fully saturated rings. The van der Waals surface area contributed by atoms with E-state index in [1.54, 1.807) is 33.3 Å². The fourth-order valence-corrected chi connectivity index (χ4v) is 3.77. The van der Waals surface area contributed by atoms with Gasteiger partial charge in [0, 0.05) is 11.6 Å². The van der Waals surface area contributed by atoms with Crippen molar-refractivity contribution in [3.8, 4) is 10.6 Å². The van der Waals surface area contributed by atoms with Crippen LogP contribution >= 0.6 is 22.7 Å². The average molecular weight is 343 g/mol. The largest absolute Gasteiger partial charge is 0.318 e. The zero-order chi connectivity index (χ0) is 15.8. The third-order valence-electron chi connectivity index (χ3n) is 3.34. The van der Waals surface area contributed by atoms with E-state index in [0.717, 1.165) is 15.5 Å². The van der Waals surface area contributed by atoms with Crippen molar-refractivity contribution in [3.63, 3.8) is 0 Å². The highest BCUT2D eigenvalue weighted by molar-refractivity contribution is 7.15. The minimum Gasteiger partial charge on any atom is -0.318 e. The minimum atomic E-state index is -0.461. The highest BCUT2D eigenvalue weighted by Crippen LogP contribution is 2.27. The first-order valence-corrected chi connectivity index (χ1v) is 8.54. The third kappa shape index (κ3) is 2.54. The van der Waals surface area contributed by atoms with Crippen LogP contribution in [0.5, 0.6) is 0 Å². The number of anilines is 1. The Kier molecular flexibility index (Phi) is 3.44.